The molecule has 1 atom stereocenters. The van der Waals surface area contributed by atoms with E-state index in [9.17, 15) is 9.18 Å². The molecule has 0 amide bonds. The first-order valence-corrected chi connectivity index (χ1v) is 12.8. The molecule has 3 aromatic carbocycles. The van der Waals surface area contributed by atoms with Gasteiger partial charge in [-0.3, -0.25) is 0 Å². The van der Waals surface area contributed by atoms with Crippen molar-refractivity contribution in [2.75, 3.05) is 11.5 Å². The summed E-state index contributed by atoms with van der Waals surface area (Å²) in [5, 5.41) is 5.72. The largest absolute Gasteiger partial charge is 0.463 e. The minimum Gasteiger partial charge on any atom is -0.463 e. The highest BCUT2D eigenvalue weighted by Gasteiger charge is 2.43. The molecule has 184 valence electrons. The van der Waals surface area contributed by atoms with E-state index in [1.807, 2.05) is 67.7 Å². The highest BCUT2D eigenvalue weighted by molar-refractivity contribution is 8.14. The first kappa shape index (κ1) is 23.2. The zero-order valence-corrected chi connectivity index (χ0v) is 21.1. The van der Waals surface area contributed by atoms with Gasteiger partial charge < -0.3 is 9.64 Å². The first-order chi connectivity index (χ1) is 18.0. The van der Waals surface area contributed by atoms with Crippen LogP contribution in [0.5, 0.6) is 0 Å². The van der Waals surface area contributed by atoms with Crippen LogP contribution in [-0.2, 0) is 9.53 Å². The Morgan fingerprint density at radius 2 is 1.76 bits per heavy atom. The smallest absolute Gasteiger partial charge is 0.338 e. The molecular weight excluding hydrogens is 487 g/mol. The molecule has 0 radical (unpaired) electrons. The minimum atomic E-state index is -0.541. The van der Waals surface area contributed by atoms with E-state index in [2.05, 4.69) is 4.90 Å². The van der Waals surface area contributed by atoms with Gasteiger partial charge in [-0.15, -0.1) is 0 Å². The zero-order valence-electron chi connectivity index (χ0n) is 20.3. The van der Waals surface area contributed by atoms with Gasteiger partial charge in [0.1, 0.15) is 5.82 Å². The first-order valence-electron chi connectivity index (χ1n) is 12.0. The number of hydrogen-bond acceptors (Lipinski definition) is 6. The third kappa shape index (κ3) is 4.03. The van der Waals surface area contributed by atoms with Crippen LogP contribution in [0, 0.1) is 5.82 Å². The van der Waals surface area contributed by atoms with Gasteiger partial charge in [0.15, 0.2) is 5.17 Å². The molecule has 8 heteroatoms. The Morgan fingerprint density at radius 3 is 2.51 bits per heavy atom. The number of fused-ring (bicyclic) bond motifs is 3. The molecule has 0 spiro atoms. The molecule has 37 heavy (non-hydrogen) atoms. The number of aliphatic imine (C=N–C) groups is 1. The van der Waals surface area contributed by atoms with Crippen LogP contribution < -0.4 is 4.90 Å². The Morgan fingerprint density at radius 1 is 1.03 bits per heavy atom. The number of esters is 1. The van der Waals surface area contributed by atoms with Crippen LogP contribution in [0.15, 0.2) is 106 Å². The highest BCUT2D eigenvalue weighted by atomic mass is 32.2. The van der Waals surface area contributed by atoms with Crippen molar-refractivity contribution in [3.05, 3.63) is 108 Å². The van der Waals surface area contributed by atoms with Crippen molar-refractivity contribution < 1.29 is 13.9 Å². The molecule has 4 aromatic rings. The molecule has 0 fully saturated rings. The van der Waals surface area contributed by atoms with Crippen LogP contribution in [0.3, 0.4) is 0 Å². The van der Waals surface area contributed by atoms with Gasteiger partial charge in [-0.1, -0.05) is 30.3 Å². The van der Waals surface area contributed by atoms with Gasteiger partial charge in [0.25, 0.3) is 0 Å². The predicted molar refractivity (Wildman–Crippen MR) is 143 cm³/mol. The van der Waals surface area contributed by atoms with Crippen molar-refractivity contribution in [1.29, 1.82) is 0 Å². The Kier molecular flexibility index (Phi) is 5.88. The third-order valence-corrected chi connectivity index (χ3v) is 7.42. The van der Waals surface area contributed by atoms with E-state index in [1.54, 1.807) is 35.5 Å². The molecule has 6 nitrogen and oxygen atoms in total. The number of para-hydroxylation sites is 2. The van der Waals surface area contributed by atoms with E-state index in [0.717, 1.165) is 32.6 Å². The van der Waals surface area contributed by atoms with Crippen molar-refractivity contribution in [3.63, 3.8) is 0 Å². The van der Waals surface area contributed by atoms with Gasteiger partial charge in [-0.2, -0.15) is 5.10 Å². The van der Waals surface area contributed by atoms with Crippen LogP contribution >= 0.6 is 11.8 Å². The van der Waals surface area contributed by atoms with Crippen molar-refractivity contribution >= 4 is 28.6 Å². The van der Waals surface area contributed by atoms with Crippen LogP contribution in [0.2, 0.25) is 0 Å². The minimum absolute atomic E-state index is 0.248. The van der Waals surface area contributed by atoms with Gasteiger partial charge in [-0.05, 0) is 74.1 Å². The fraction of sp³-hybridized carbons (Fsp3) is 0.138. The second kappa shape index (κ2) is 9.37. The molecule has 2 aliphatic rings. The molecule has 2 aliphatic heterocycles. The lowest BCUT2D eigenvalue weighted by Crippen LogP contribution is -2.37. The SMILES string of the molecule is CCOC(=O)C1=C(C)N=C2Sc3ccccc3N2C1c1cn(-c2ccccc2)nc1-c1ccc(F)cc1. The molecule has 6 rings (SSSR count). The van der Waals surface area contributed by atoms with Gasteiger partial charge in [0, 0.05) is 22.2 Å². The van der Waals surface area contributed by atoms with Crippen molar-refractivity contribution in [2.45, 2.75) is 24.8 Å². The average Bonchev–Trinajstić information content (AvgIpc) is 3.51. The predicted octanol–water partition coefficient (Wildman–Crippen LogP) is 6.54. The molecule has 3 heterocycles. The topological polar surface area (TPSA) is 59.7 Å². The number of amidine groups is 1. The lowest BCUT2D eigenvalue weighted by atomic mass is 9.92. The fourth-order valence-corrected chi connectivity index (χ4v) is 5.84. The maximum atomic E-state index is 13.9. The molecule has 0 saturated heterocycles. The number of ether oxygens (including phenoxy) is 1. The molecule has 0 bridgehead atoms. The summed E-state index contributed by atoms with van der Waals surface area (Å²) < 4.78 is 21.2. The number of carbonyl (C=O) groups is 1. The molecule has 0 aliphatic carbocycles. The highest BCUT2D eigenvalue weighted by Crippen LogP contribution is 2.51. The Hall–Kier alpha value is -4.17. The Bertz CT molecular complexity index is 1560. The number of hydrogen-bond donors (Lipinski definition) is 0. The number of allylic oxidation sites excluding steroid dienone is 1. The quantitative estimate of drug-likeness (QED) is 0.286. The van der Waals surface area contributed by atoms with Crippen molar-refractivity contribution in [1.82, 2.24) is 9.78 Å². The summed E-state index contributed by atoms with van der Waals surface area (Å²) in [7, 11) is 0. The molecule has 0 N–H and O–H groups in total. The standard InChI is InChI=1S/C29H23FN4O2S/c1-3-36-28(35)25-18(2)31-29-34(23-11-7-8-12-24(23)37-29)27(25)22-17-33(21-9-5-4-6-10-21)32-26(22)19-13-15-20(30)16-14-19/h4-17,27H,3H2,1-2H3. The summed E-state index contributed by atoms with van der Waals surface area (Å²) in [6.45, 7) is 3.88. The zero-order chi connectivity index (χ0) is 25.5. The number of rotatable bonds is 5. The third-order valence-electron chi connectivity index (χ3n) is 6.39. The number of aromatic nitrogens is 2. The summed E-state index contributed by atoms with van der Waals surface area (Å²) >= 11 is 1.57. The summed E-state index contributed by atoms with van der Waals surface area (Å²) in [6.07, 6.45) is 1.94. The van der Waals surface area contributed by atoms with Crippen LogP contribution in [0.1, 0.15) is 25.5 Å². The molecule has 1 unspecified atom stereocenters. The van der Waals surface area contributed by atoms with E-state index >= 15 is 0 Å². The normalized spacial score (nSPS) is 16.4. The second-order valence-electron chi connectivity index (χ2n) is 8.68. The number of anilines is 1. The van der Waals surface area contributed by atoms with E-state index < -0.39 is 12.0 Å². The van der Waals surface area contributed by atoms with Gasteiger partial charge in [0.2, 0.25) is 0 Å². The number of carbonyl (C=O) groups excluding carboxylic acids is 1. The monoisotopic (exact) mass is 510 g/mol. The van der Waals surface area contributed by atoms with E-state index in [-0.39, 0.29) is 12.4 Å². The maximum absolute atomic E-state index is 13.9. The van der Waals surface area contributed by atoms with E-state index in [1.165, 1.54) is 12.1 Å². The van der Waals surface area contributed by atoms with Crippen LogP contribution in [0.25, 0.3) is 16.9 Å². The second-order valence-corrected chi connectivity index (χ2v) is 9.69. The van der Waals surface area contributed by atoms with Crippen LogP contribution in [0.4, 0.5) is 10.1 Å². The molecular formula is C29H23FN4O2S. The lowest BCUT2D eigenvalue weighted by Gasteiger charge is -2.34. The molecule has 0 saturated carbocycles. The number of thioether (sulfide) groups is 1. The van der Waals surface area contributed by atoms with Gasteiger partial charge in [-0.25, -0.2) is 18.9 Å². The van der Waals surface area contributed by atoms with E-state index in [0.29, 0.717) is 17.0 Å². The van der Waals surface area contributed by atoms with Crippen molar-refractivity contribution in [3.8, 4) is 16.9 Å². The summed E-state index contributed by atoms with van der Waals surface area (Å²) in [5.41, 5.74) is 5.09. The lowest BCUT2D eigenvalue weighted by molar-refractivity contribution is -0.138. The average molecular weight is 511 g/mol. The number of halogens is 1. The summed E-state index contributed by atoms with van der Waals surface area (Å²) in [4.78, 5) is 21.3. The Balaban J connectivity index is 1.61. The summed E-state index contributed by atoms with van der Waals surface area (Å²) in [5.74, 6) is -0.743. The van der Waals surface area contributed by atoms with Gasteiger partial charge in [0.05, 0.1) is 41.0 Å². The fourth-order valence-electron chi connectivity index (χ4n) is 4.75. The van der Waals surface area contributed by atoms with Gasteiger partial charge >= 0.3 is 5.97 Å². The molecule has 1 aromatic heterocycles. The number of nitrogens with zero attached hydrogens (tertiary/aromatic N) is 4. The maximum Gasteiger partial charge on any atom is 0.338 e. The van der Waals surface area contributed by atoms with E-state index in [4.69, 9.17) is 14.8 Å². The number of benzene rings is 3. The Labute approximate surface area is 218 Å². The van der Waals surface area contributed by atoms with Crippen LogP contribution in [-0.4, -0.2) is 27.5 Å². The summed E-state index contributed by atoms with van der Waals surface area (Å²) in [6, 6.07) is 23.5. The van der Waals surface area contributed by atoms with Crippen molar-refractivity contribution in [2.24, 2.45) is 4.99 Å².